The number of esters is 1. The van der Waals surface area contributed by atoms with E-state index in [9.17, 15) is 9.59 Å². The lowest BCUT2D eigenvalue weighted by Gasteiger charge is -2.28. The van der Waals surface area contributed by atoms with E-state index >= 15 is 0 Å². The molecule has 1 atom stereocenters. The summed E-state index contributed by atoms with van der Waals surface area (Å²) in [5.74, 6) is -0.124. The van der Waals surface area contributed by atoms with Crippen molar-refractivity contribution in [3.63, 3.8) is 0 Å². The van der Waals surface area contributed by atoms with E-state index in [1.54, 1.807) is 55.6 Å². The van der Waals surface area contributed by atoms with Crippen LogP contribution in [0.2, 0.25) is 0 Å². The Morgan fingerprint density at radius 1 is 1.03 bits per heavy atom. The minimum Gasteiger partial charge on any atom is -0.497 e. The lowest BCUT2D eigenvalue weighted by Crippen LogP contribution is -2.32. The van der Waals surface area contributed by atoms with E-state index in [1.165, 1.54) is 11.8 Å². The van der Waals surface area contributed by atoms with Crippen LogP contribution < -0.4 is 10.1 Å². The Hall–Kier alpha value is -4.01. The molecule has 0 fully saturated rings. The predicted molar refractivity (Wildman–Crippen MR) is 102 cm³/mol. The molecule has 3 aromatic rings. The van der Waals surface area contributed by atoms with Crippen LogP contribution in [-0.2, 0) is 9.53 Å². The number of ether oxygens (including phenoxy) is 2. The third-order valence-electron chi connectivity index (χ3n) is 4.62. The zero-order valence-corrected chi connectivity index (χ0v) is 15.7. The molecule has 0 aliphatic carbocycles. The second kappa shape index (κ2) is 7.55. The summed E-state index contributed by atoms with van der Waals surface area (Å²) < 4.78 is 11.6. The van der Waals surface area contributed by atoms with E-state index in [4.69, 9.17) is 9.47 Å². The molecule has 2 aromatic carbocycles. The number of nitrogens with zero attached hydrogens (tertiary/aromatic N) is 4. The van der Waals surface area contributed by atoms with Crippen molar-refractivity contribution in [1.29, 1.82) is 0 Å². The number of anilines is 1. The molecule has 0 saturated heterocycles. The molecule has 0 spiro atoms. The van der Waals surface area contributed by atoms with E-state index in [-0.39, 0.29) is 23.0 Å². The Balaban J connectivity index is 1.93. The Morgan fingerprint density at radius 3 is 2.41 bits per heavy atom. The Bertz CT molecular complexity index is 1090. The van der Waals surface area contributed by atoms with Crippen LogP contribution in [0.1, 0.15) is 22.0 Å². The van der Waals surface area contributed by atoms with Gasteiger partial charge in [-0.1, -0.05) is 47.6 Å². The van der Waals surface area contributed by atoms with Gasteiger partial charge in [0.2, 0.25) is 5.95 Å². The average molecular weight is 391 g/mol. The number of allylic oxidation sites excluding steroid dienone is 1. The fourth-order valence-electron chi connectivity index (χ4n) is 3.23. The Morgan fingerprint density at radius 2 is 1.76 bits per heavy atom. The van der Waals surface area contributed by atoms with Crippen LogP contribution in [0.5, 0.6) is 5.75 Å². The number of nitrogens with one attached hydrogen (secondary N) is 1. The monoisotopic (exact) mass is 391 g/mol. The first-order valence-corrected chi connectivity index (χ1v) is 8.75. The number of fused-ring (bicyclic) bond motifs is 1. The van der Waals surface area contributed by atoms with E-state index < -0.39 is 12.0 Å². The van der Waals surface area contributed by atoms with Crippen LogP contribution in [0.4, 0.5) is 5.95 Å². The molecule has 9 nitrogen and oxygen atoms in total. The molecule has 0 amide bonds. The smallest absolute Gasteiger partial charge is 0.355 e. The summed E-state index contributed by atoms with van der Waals surface area (Å²) in [6.07, 6.45) is 0. The predicted octanol–water partition coefficient (Wildman–Crippen LogP) is 2.01. The molecular weight excluding hydrogens is 374 g/mol. The third kappa shape index (κ3) is 3.22. The first-order chi connectivity index (χ1) is 14.1. The quantitative estimate of drug-likeness (QED) is 0.520. The van der Waals surface area contributed by atoms with Crippen LogP contribution in [0.3, 0.4) is 0 Å². The number of ketones is 1. The first kappa shape index (κ1) is 18.4. The molecular formula is C20H17N5O4. The largest absolute Gasteiger partial charge is 0.497 e. The van der Waals surface area contributed by atoms with Gasteiger partial charge in [0.25, 0.3) is 0 Å². The molecule has 2 heterocycles. The highest BCUT2D eigenvalue weighted by molar-refractivity contribution is 6.14. The summed E-state index contributed by atoms with van der Waals surface area (Å²) in [4.78, 5) is 26.0. The molecule has 1 aliphatic rings. The lowest BCUT2D eigenvalue weighted by molar-refractivity contribution is -0.136. The zero-order chi connectivity index (χ0) is 20.4. The number of aromatic nitrogens is 4. The van der Waals surface area contributed by atoms with Gasteiger partial charge in [-0.25, -0.2) is 4.79 Å². The minimum absolute atomic E-state index is 0.00414. The van der Waals surface area contributed by atoms with Crippen molar-refractivity contribution in [3.05, 3.63) is 77.0 Å². The number of Topliss-reactive ketones (excluding diaryl/α,β-unsaturated/α-hetero) is 1. The van der Waals surface area contributed by atoms with Crippen LogP contribution >= 0.6 is 0 Å². The number of tetrazole rings is 1. The van der Waals surface area contributed by atoms with Crippen molar-refractivity contribution in [3.8, 4) is 5.75 Å². The molecule has 1 unspecified atom stereocenters. The number of carbonyl (C=O) groups excluding carboxylic acids is 2. The van der Waals surface area contributed by atoms with Crippen LogP contribution in [0.25, 0.3) is 0 Å². The maximum Gasteiger partial charge on any atom is 0.355 e. The summed E-state index contributed by atoms with van der Waals surface area (Å²) in [7, 11) is 2.82. The number of benzene rings is 2. The summed E-state index contributed by atoms with van der Waals surface area (Å²) in [5, 5.41) is 14.5. The molecule has 9 heteroatoms. The molecule has 1 aliphatic heterocycles. The van der Waals surface area contributed by atoms with Gasteiger partial charge in [0.1, 0.15) is 17.5 Å². The minimum atomic E-state index is -0.728. The van der Waals surface area contributed by atoms with E-state index in [0.29, 0.717) is 16.9 Å². The number of rotatable bonds is 5. The molecule has 29 heavy (non-hydrogen) atoms. The fraction of sp³-hybridized carbons (Fsp3) is 0.150. The van der Waals surface area contributed by atoms with Gasteiger partial charge in [-0.3, -0.25) is 4.79 Å². The average Bonchev–Trinajstić information content (AvgIpc) is 3.26. The van der Waals surface area contributed by atoms with Crippen LogP contribution in [0.15, 0.2) is 65.9 Å². The van der Waals surface area contributed by atoms with Gasteiger partial charge in [0.05, 0.1) is 19.8 Å². The zero-order valence-electron chi connectivity index (χ0n) is 15.7. The topological polar surface area (TPSA) is 108 Å². The van der Waals surface area contributed by atoms with E-state index in [2.05, 4.69) is 20.8 Å². The van der Waals surface area contributed by atoms with Crippen molar-refractivity contribution in [2.45, 2.75) is 6.04 Å². The molecule has 4 rings (SSSR count). The number of methoxy groups -OCH3 is 2. The van der Waals surface area contributed by atoms with Crippen LogP contribution in [-0.4, -0.2) is 46.2 Å². The maximum atomic E-state index is 13.5. The van der Waals surface area contributed by atoms with E-state index in [1.807, 2.05) is 6.07 Å². The second-order valence-electron chi connectivity index (χ2n) is 6.22. The molecule has 1 aromatic heterocycles. The van der Waals surface area contributed by atoms with Gasteiger partial charge in [0, 0.05) is 5.56 Å². The van der Waals surface area contributed by atoms with Crippen molar-refractivity contribution < 1.29 is 19.1 Å². The fourth-order valence-corrected chi connectivity index (χ4v) is 3.23. The first-order valence-electron chi connectivity index (χ1n) is 8.75. The standard InChI is InChI=1S/C20H17N5O4/c1-28-14-10-8-12(9-11-14)17-15(18(26)13-6-4-3-5-7-13)16(19(27)29-2)21-20-22-23-24-25(17)20/h3-11,17H,1-2H3,(H,21,22,24). The summed E-state index contributed by atoms with van der Waals surface area (Å²) in [6.45, 7) is 0. The molecule has 0 saturated carbocycles. The Kier molecular flexibility index (Phi) is 4.78. The summed E-state index contributed by atoms with van der Waals surface area (Å²) in [6, 6.07) is 15.1. The van der Waals surface area contributed by atoms with Gasteiger partial charge in [-0.05, 0) is 28.1 Å². The number of carbonyl (C=O) groups is 2. The maximum absolute atomic E-state index is 13.5. The SMILES string of the molecule is COC(=O)C1=C(C(=O)c2ccccc2)C(c2ccc(OC)cc2)n2nnnc2N1. The van der Waals surface area contributed by atoms with Gasteiger partial charge < -0.3 is 14.8 Å². The Labute approximate surface area is 165 Å². The molecule has 0 bridgehead atoms. The molecule has 146 valence electrons. The van der Waals surface area contributed by atoms with Crippen molar-refractivity contribution in [1.82, 2.24) is 20.2 Å². The normalized spacial score (nSPS) is 15.3. The second-order valence-corrected chi connectivity index (χ2v) is 6.22. The van der Waals surface area contributed by atoms with Gasteiger partial charge >= 0.3 is 5.97 Å². The highest BCUT2D eigenvalue weighted by Gasteiger charge is 2.38. The third-order valence-corrected chi connectivity index (χ3v) is 4.62. The summed E-state index contributed by atoms with van der Waals surface area (Å²) >= 11 is 0. The molecule has 1 N–H and O–H groups in total. The van der Waals surface area contributed by atoms with Crippen molar-refractivity contribution in [2.24, 2.45) is 0 Å². The van der Waals surface area contributed by atoms with Crippen LogP contribution in [0, 0.1) is 0 Å². The number of hydrogen-bond acceptors (Lipinski definition) is 8. The highest BCUT2D eigenvalue weighted by atomic mass is 16.5. The van der Waals surface area contributed by atoms with E-state index in [0.717, 1.165) is 0 Å². The number of hydrogen-bond donors (Lipinski definition) is 1. The summed E-state index contributed by atoms with van der Waals surface area (Å²) in [5.41, 5.74) is 1.33. The molecule has 0 radical (unpaired) electrons. The van der Waals surface area contributed by atoms with Gasteiger partial charge in [0.15, 0.2) is 5.78 Å². The van der Waals surface area contributed by atoms with Gasteiger partial charge in [-0.2, -0.15) is 4.68 Å². The van der Waals surface area contributed by atoms with Gasteiger partial charge in [-0.15, -0.1) is 0 Å². The van der Waals surface area contributed by atoms with Crippen molar-refractivity contribution in [2.75, 3.05) is 19.5 Å². The lowest BCUT2D eigenvalue weighted by atomic mass is 9.89. The highest BCUT2D eigenvalue weighted by Crippen LogP contribution is 2.37. The van der Waals surface area contributed by atoms with Crippen molar-refractivity contribution >= 4 is 17.7 Å².